The van der Waals surface area contributed by atoms with Crippen molar-refractivity contribution in [2.75, 3.05) is 31.1 Å². The maximum Gasteiger partial charge on any atom is 0.220 e. The van der Waals surface area contributed by atoms with E-state index in [0.717, 1.165) is 38.9 Å². The first-order valence-corrected chi connectivity index (χ1v) is 8.00. The van der Waals surface area contributed by atoms with Crippen LogP contribution in [0.4, 0.5) is 5.69 Å². The number of hydrogen-bond donors (Lipinski definition) is 2. The Labute approximate surface area is 127 Å². The van der Waals surface area contributed by atoms with Crippen molar-refractivity contribution < 1.29 is 4.79 Å². The molecule has 4 heteroatoms. The molecule has 4 nitrogen and oxygen atoms in total. The van der Waals surface area contributed by atoms with Gasteiger partial charge in [-0.2, -0.15) is 0 Å². The average Bonchev–Trinajstić information content (AvgIpc) is 2.92. The molecule has 21 heavy (non-hydrogen) atoms. The Morgan fingerprint density at radius 3 is 3.05 bits per heavy atom. The Balaban J connectivity index is 1.61. The number of anilines is 1. The summed E-state index contributed by atoms with van der Waals surface area (Å²) in [7, 11) is 0. The summed E-state index contributed by atoms with van der Waals surface area (Å²) < 4.78 is 0. The summed E-state index contributed by atoms with van der Waals surface area (Å²) in [5.41, 5.74) is 8.36. The number of rotatable bonds is 8. The van der Waals surface area contributed by atoms with E-state index >= 15 is 0 Å². The quantitative estimate of drug-likeness (QED) is 0.719. The SMILES string of the molecule is CC(CN)CCC(=O)NCCCN1CCc2ccccc21. The van der Waals surface area contributed by atoms with Gasteiger partial charge in [0, 0.05) is 31.7 Å². The fraction of sp³-hybridized carbons (Fsp3) is 0.588. The van der Waals surface area contributed by atoms with Crippen LogP contribution in [0.2, 0.25) is 0 Å². The average molecular weight is 289 g/mol. The minimum absolute atomic E-state index is 0.150. The molecule has 1 heterocycles. The van der Waals surface area contributed by atoms with Gasteiger partial charge in [-0.15, -0.1) is 0 Å². The number of nitrogens with zero attached hydrogens (tertiary/aromatic N) is 1. The smallest absolute Gasteiger partial charge is 0.220 e. The summed E-state index contributed by atoms with van der Waals surface area (Å²) in [6.07, 6.45) is 3.60. The zero-order valence-corrected chi connectivity index (χ0v) is 13.0. The maximum atomic E-state index is 11.7. The van der Waals surface area contributed by atoms with Crippen molar-refractivity contribution in [1.82, 2.24) is 5.32 Å². The lowest BCUT2D eigenvalue weighted by Crippen LogP contribution is -2.29. The largest absolute Gasteiger partial charge is 0.371 e. The molecule has 0 saturated carbocycles. The minimum atomic E-state index is 0.150. The van der Waals surface area contributed by atoms with Crippen LogP contribution >= 0.6 is 0 Å². The van der Waals surface area contributed by atoms with Gasteiger partial charge in [0.25, 0.3) is 0 Å². The summed E-state index contributed by atoms with van der Waals surface area (Å²) in [5.74, 6) is 0.578. The molecule has 1 amide bonds. The van der Waals surface area contributed by atoms with E-state index in [1.54, 1.807) is 0 Å². The van der Waals surface area contributed by atoms with Crippen LogP contribution in [0.25, 0.3) is 0 Å². The van der Waals surface area contributed by atoms with Crippen LogP contribution in [0.3, 0.4) is 0 Å². The van der Waals surface area contributed by atoms with Gasteiger partial charge < -0.3 is 16.0 Å². The zero-order chi connectivity index (χ0) is 15.1. The Kier molecular flexibility index (Phi) is 6.05. The third kappa shape index (κ3) is 4.74. The number of carbonyl (C=O) groups is 1. The Bertz CT molecular complexity index is 461. The number of fused-ring (bicyclic) bond motifs is 1. The van der Waals surface area contributed by atoms with Gasteiger partial charge in [-0.3, -0.25) is 4.79 Å². The molecule has 0 spiro atoms. The number of para-hydroxylation sites is 1. The maximum absolute atomic E-state index is 11.7. The topological polar surface area (TPSA) is 58.4 Å². The fourth-order valence-corrected chi connectivity index (χ4v) is 2.72. The molecule has 1 aromatic rings. The summed E-state index contributed by atoms with van der Waals surface area (Å²) in [4.78, 5) is 14.1. The van der Waals surface area contributed by atoms with Crippen LogP contribution in [-0.4, -0.2) is 32.1 Å². The van der Waals surface area contributed by atoms with E-state index in [-0.39, 0.29) is 5.91 Å². The number of nitrogens with two attached hydrogens (primary N) is 1. The Hall–Kier alpha value is -1.55. The molecule has 1 unspecified atom stereocenters. The predicted molar refractivity (Wildman–Crippen MR) is 87.4 cm³/mol. The van der Waals surface area contributed by atoms with E-state index in [1.807, 2.05) is 0 Å². The lowest BCUT2D eigenvalue weighted by atomic mass is 10.1. The molecule has 3 N–H and O–H groups in total. The second-order valence-electron chi connectivity index (χ2n) is 5.95. The molecule has 0 aliphatic carbocycles. The molecule has 0 radical (unpaired) electrons. The van der Waals surface area contributed by atoms with Gasteiger partial charge in [-0.1, -0.05) is 25.1 Å². The van der Waals surface area contributed by atoms with Crippen molar-refractivity contribution in [2.24, 2.45) is 11.7 Å². The molecule has 1 atom stereocenters. The van der Waals surface area contributed by atoms with Gasteiger partial charge in [-0.05, 0) is 43.4 Å². The highest BCUT2D eigenvalue weighted by Crippen LogP contribution is 2.27. The van der Waals surface area contributed by atoms with Gasteiger partial charge in [0.2, 0.25) is 5.91 Å². The molecule has 116 valence electrons. The third-order valence-electron chi connectivity index (χ3n) is 4.18. The summed E-state index contributed by atoms with van der Waals surface area (Å²) >= 11 is 0. The van der Waals surface area contributed by atoms with E-state index in [0.29, 0.717) is 18.9 Å². The number of hydrogen-bond acceptors (Lipinski definition) is 3. The van der Waals surface area contributed by atoms with Crippen molar-refractivity contribution in [2.45, 2.75) is 32.6 Å². The van der Waals surface area contributed by atoms with Crippen molar-refractivity contribution in [3.05, 3.63) is 29.8 Å². The molecule has 2 rings (SSSR count). The molecule has 0 fully saturated rings. The van der Waals surface area contributed by atoms with Crippen molar-refractivity contribution in [3.8, 4) is 0 Å². The molecule has 1 aliphatic rings. The van der Waals surface area contributed by atoms with Crippen LogP contribution in [0.15, 0.2) is 24.3 Å². The van der Waals surface area contributed by atoms with E-state index in [4.69, 9.17) is 5.73 Å². The first kappa shape index (κ1) is 15.8. The van der Waals surface area contributed by atoms with Crippen LogP contribution in [-0.2, 0) is 11.2 Å². The van der Waals surface area contributed by atoms with Crippen LogP contribution in [0.1, 0.15) is 31.7 Å². The molecule has 1 aliphatic heterocycles. The molecular weight excluding hydrogens is 262 g/mol. The van der Waals surface area contributed by atoms with Crippen molar-refractivity contribution >= 4 is 11.6 Å². The fourth-order valence-electron chi connectivity index (χ4n) is 2.72. The second-order valence-corrected chi connectivity index (χ2v) is 5.95. The second kappa shape index (κ2) is 8.03. The highest BCUT2D eigenvalue weighted by atomic mass is 16.1. The van der Waals surface area contributed by atoms with E-state index in [2.05, 4.69) is 41.4 Å². The van der Waals surface area contributed by atoms with Gasteiger partial charge in [0.15, 0.2) is 0 Å². The zero-order valence-electron chi connectivity index (χ0n) is 13.0. The van der Waals surface area contributed by atoms with E-state index in [9.17, 15) is 4.79 Å². The predicted octanol–water partition coefficient (Wildman–Crippen LogP) is 1.93. The lowest BCUT2D eigenvalue weighted by Gasteiger charge is -2.19. The number of nitrogens with one attached hydrogen (secondary N) is 1. The normalized spacial score (nSPS) is 14.9. The van der Waals surface area contributed by atoms with E-state index < -0.39 is 0 Å². The third-order valence-corrected chi connectivity index (χ3v) is 4.18. The van der Waals surface area contributed by atoms with Crippen molar-refractivity contribution in [3.63, 3.8) is 0 Å². The monoisotopic (exact) mass is 289 g/mol. The number of amides is 1. The number of carbonyl (C=O) groups excluding carboxylic acids is 1. The highest BCUT2D eigenvalue weighted by molar-refractivity contribution is 5.75. The van der Waals surface area contributed by atoms with Crippen LogP contribution < -0.4 is 16.0 Å². The first-order valence-electron chi connectivity index (χ1n) is 8.00. The van der Waals surface area contributed by atoms with Crippen molar-refractivity contribution in [1.29, 1.82) is 0 Å². The molecule has 0 aromatic heterocycles. The van der Waals surface area contributed by atoms with Crippen LogP contribution in [0, 0.1) is 5.92 Å². The highest BCUT2D eigenvalue weighted by Gasteiger charge is 2.17. The molecule has 0 saturated heterocycles. The molecular formula is C17H27N3O. The first-order chi connectivity index (χ1) is 10.2. The summed E-state index contributed by atoms with van der Waals surface area (Å²) in [6, 6.07) is 8.59. The minimum Gasteiger partial charge on any atom is -0.371 e. The van der Waals surface area contributed by atoms with Crippen LogP contribution in [0.5, 0.6) is 0 Å². The van der Waals surface area contributed by atoms with Gasteiger partial charge in [0.1, 0.15) is 0 Å². The summed E-state index contributed by atoms with van der Waals surface area (Å²) in [6.45, 7) is 5.60. The molecule has 0 bridgehead atoms. The lowest BCUT2D eigenvalue weighted by molar-refractivity contribution is -0.121. The Morgan fingerprint density at radius 2 is 2.24 bits per heavy atom. The van der Waals surface area contributed by atoms with Gasteiger partial charge in [-0.25, -0.2) is 0 Å². The van der Waals surface area contributed by atoms with Gasteiger partial charge in [0.05, 0.1) is 0 Å². The molecule has 1 aromatic carbocycles. The Morgan fingerprint density at radius 1 is 1.43 bits per heavy atom. The number of benzene rings is 1. The van der Waals surface area contributed by atoms with E-state index in [1.165, 1.54) is 11.3 Å². The summed E-state index contributed by atoms with van der Waals surface area (Å²) in [5, 5.41) is 3.00. The van der Waals surface area contributed by atoms with Gasteiger partial charge >= 0.3 is 0 Å². The standard InChI is InChI=1S/C17H27N3O/c1-14(13-18)7-8-17(21)19-10-4-11-20-12-9-15-5-2-3-6-16(15)20/h2-3,5-6,14H,4,7-13,18H2,1H3,(H,19,21).